The summed E-state index contributed by atoms with van der Waals surface area (Å²) in [5.74, 6) is 2.10. The lowest BCUT2D eigenvalue weighted by Crippen LogP contribution is -2.42. The number of nitrogens with two attached hydrogens (primary N) is 1. The minimum Gasteiger partial charge on any atom is -0.394 e. The summed E-state index contributed by atoms with van der Waals surface area (Å²) in [6.07, 6.45) is -3.09. The summed E-state index contributed by atoms with van der Waals surface area (Å²) in [5, 5.41) is 21.2. The average Bonchev–Trinajstić information content (AvgIpc) is 3.01. The number of aliphatic hydroxyl groups excluding tert-OH is 2. The number of alkyl halides is 1. The first kappa shape index (κ1) is 16.1. The summed E-state index contributed by atoms with van der Waals surface area (Å²) in [4.78, 5) is 10.7. The van der Waals surface area contributed by atoms with Gasteiger partial charge in [-0.25, -0.2) is 9.37 Å². The first-order valence-corrected chi connectivity index (χ1v) is 7.19. The zero-order valence-corrected chi connectivity index (χ0v) is 13.0. The van der Waals surface area contributed by atoms with Crippen molar-refractivity contribution in [3.63, 3.8) is 0 Å². The quantitative estimate of drug-likeness (QED) is 0.447. The van der Waals surface area contributed by atoms with Gasteiger partial charge in [-0.2, -0.15) is 4.98 Å². The second kappa shape index (κ2) is 5.70. The standard InChI is InChI=1S/C12H11ClFN5O3S/c13-2-1-12(14)7(21)5(3-20)22-10(12)19-4-16-6-8(19)17-11(15)18-9(6)23/h4-5,7,10,20-21H,3H2,(H3,15,17,18,23)/t5-,7+,10-,12?/m1/s1. The molecule has 2 aromatic rings. The van der Waals surface area contributed by atoms with Gasteiger partial charge in [-0.05, 0) is 17.5 Å². The molecule has 1 aliphatic heterocycles. The van der Waals surface area contributed by atoms with E-state index in [1.54, 1.807) is 0 Å². The van der Waals surface area contributed by atoms with Crippen LogP contribution in [0.1, 0.15) is 6.23 Å². The van der Waals surface area contributed by atoms with Crippen molar-refractivity contribution in [1.82, 2.24) is 19.5 Å². The van der Waals surface area contributed by atoms with E-state index in [0.717, 1.165) is 0 Å². The van der Waals surface area contributed by atoms with Crippen LogP contribution in [-0.4, -0.2) is 54.2 Å². The van der Waals surface area contributed by atoms with Crippen LogP contribution in [0.5, 0.6) is 0 Å². The number of halogens is 2. The van der Waals surface area contributed by atoms with Crippen LogP contribution in [0.15, 0.2) is 6.33 Å². The van der Waals surface area contributed by atoms with Crippen LogP contribution in [0.3, 0.4) is 0 Å². The fourth-order valence-electron chi connectivity index (χ4n) is 2.49. The topological polar surface area (TPSA) is 122 Å². The molecule has 0 amide bonds. The van der Waals surface area contributed by atoms with E-state index in [2.05, 4.69) is 20.9 Å². The maximum atomic E-state index is 15.2. The van der Waals surface area contributed by atoms with Crippen molar-refractivity contribution < 1.29 is 19.3 Å². The second-order valence-electron chi connectivity index (χ2n) is 4.92. The van der Waals surface area contributed by atoms with Crippen LogP contribution in [0.4, 0.5) is 10.3 Å². The Balaban J connectivity index is 2.20. The summed E-state index contributed by atoms with van der Waals surface area (Å²) in [6, 6.07) is 0. The number of nitrogen functional groups attached to an aromatic ring is 1. The molecular weight excluding hydrogens is 349 g/mol. The number of aromatic nitrogens is 4. The first-order chi connectivity index (χ1) is 10.9. The lowest BCUT2D eigenvalue weighted by atomic mass is 9.97. The van der Waals surface area contributed by atoms with Gasteiger partial charge >= 0.3 is 0 Å². The molecule has 11 heteroatoms. The maximum absolute atomic E-state index is 15.2. The molecule has 1 unspecified atom stereocenters. The van der Waals surface area contributed by atoms with Crippen molar-refractivity contribution in [3.8, 4) is 11.3 Å². The number of aliphatic hydroxyl groups is 2. The van der Waals surface area contributed by atoms with Crippen molar-refractivity contribution in [2.75, 3.05) is 12.3 Å². The van der Waals surface area contributed by atoms with Crippen molar-refractivity contribution in [3.05, 3.63) is 11.0 Å². The van der Waals surface area contributed by atoms with Crippen molar-refractivity contribution in [1.29, 1.82) is 0 Å². The lowest BCUT2D eigenvalue weighted by molar-refractivity contribution is -0.0504. The van der Waals surface area contributed by atoms with Gasteiger partial charge in [0.2, 0.25) is 11.6 Å². The Morgan fingerprint density at radius 3 is 3.04 bits per heavy atom. The zero-order valence-electron chi connectivity index (χ0n) is 11.4. The number of anilines is 1. The van der Waals surface area contributed by atoms with Gasteiger partial charge in [0.1, 0.15) is 22.4 Å². The Bertz CT molecular complexity index is 877. The predicted octanol–water partition coefficient (Wildman–Crippen LogP) is 0.230. The molecule has 0 aromatic carbocycles. The van der Waals surface area contributed by atoms with Gasteiger partial charge in [0, 0.05) is 5.38 Å². The summed E-state index contributed by atoms with van der Waals surface area (Å²) in [6.45, 7) is -0.602. The molecule has 3 rings (SSSR count). The molecule has 1 saturated heterocycles. The highest BCUT2D eigenvalue weighted by Gasteiger charge is 2.58. The molecule has 3 heterocycles. The van der Waals surface area contributed by atoms with Gasteiger partial charge in [0.15, 0.2) is 11.9 Å². The smallest absolute Gasteiger partial charge is 0.244 e. The molecule has 4 atom stereocenters. The molecule has 5 N–H and O–H groups in total. The molecule has 0 aliphatic carbocycles. The van der Waals surface area contributed by atoms with E-state index in [1.165, 1.54) is 10.9 Å². The number of nitrogens with one attached hydrogen (secondary N) is 1. The molecule has 8 nitrogen and oxygen atoms in total. The maximum Gasteiger partial charge on any atom is 0.244 e. The minimum absolute atomic E-state index is 0.00869. The highest BCUT2D eigenvalue weighted by atomic mass is 35.5. The van der Waals surface area contributed by atoms with Gasteiger partial charge in [0.05, 0.1) is 12.9 Å². The van der Waals surface area contributed by atoms with E-state index in [-0.39, 0.29) is 21.8 Å². The highest BCUT2D eigenvalue weighted by Crippen LogP contribution is 2.42. The van der Waals surface area contributed by atoms with Gasteiger partial charge in [-0.15, -0.1) is 0 Å². The number of H-pyrrole nitrogens is 1. The number of aromatic amines is 1. The number of hydrogen-bond acceptors (Lipinski definition) is 7. The Kier molecular flexibility index (Phi) is 3.99. The van der Waals surface area contributed by atoms with Gasteiger partial charge < -0.3 is 25.7 Å². The van der Waals surface area contributed by atoms with Crippen LogP contribution < -0.4 is 5.73 Å². The van der Waals surface area contributed by atoms with Crippen LogP contribution >= 0.6 is 23.8 Å². The van der Waals surface area contributed by atoms with Gasteiger partial charge in [-0.3, -0.25) is 4.57 Å². The molecule has 23 heavy (non-hydrogen) atoms. The number of nitrogens with zero attached hydrogens (tertiary/aromatic N) is 3. The minimum atomic E-state index is -2.57. The monoisotopic (exact) mass is 359 g/mol. The van der Waals surface area contributed by atoms with E-state index in [0.29, 0.717) is 0 Å². The van der Waals surface area contributed by atoms with Crippen LogP contribution in [0.25, 0.3) is 11.2 Å². The number of rotatable bonds is 2. The number of imidazole rings is 1. The summed E-state index contributed by atoms with van der Waals surface area (Å²) < 4.78 is 22.0. The Morgan fingerprint density at radius 2 is 2.39 bits per heavy atom. The van der Waals surface area contributed by atoms with Gasteiger partial charge in [-0.1, -0.05) is 12.2 Å². The van der Waals surface area contributed by atoms with E-state index in [9.17, 15) is 10.2 Å². The summed E-state index contributed by atoms with van der Waals surface area (Å²) in [7, 11) is 0. The van der Waals surface area contributed by atoms with E-state index in [4.69, 9.17) is 34.3 Å². The molecule has 1 fully saturated rings. The predicted molar refractivity (Wildman–Crippen MR) is 81.6 cm³/mol. The van der Waals surface area contributed by atoms with E-state index >= 15 is 4.39 Å². The van der Waals surface area contributed by atoms with Crippen molar-refractivity contribution in [2.45, 2.75) is 24.1 Å². The Hall–Kier alpha value is -1.77. The SMILES string of the molecule is Nc1nc2c(ncn2[C@@H]2O[C@H](CO)[C@H](O)C2(F)C#CCl)c(=S)[nH]1. The van der Waals surface area contributed by atoms with E-state index < -0.39 is 30.7 Å². The normalized spacial score (nSPS) is 30.3. The highest BCUT2D eigenvalue weighted by molar-refractivity contribution is 7.71. The molecule has 2 aromatic heterocycles. The third-order valence-electron chi connectivity index (χ3n) is 3.57. The molecule has 0 bridgehead atoms. The average molecular weight is 360 g/mol. The largest absolute Gasteiger partial charge is 0.394 e. The first-order valence-electron chi connectivity index (χ1n) is 6.40. The lowest BCUT2D eigenvalue weighted by Gasteiger charge is -2.23. The number of ether oxygens (including phenoxy) is 1. The molecule has 0 spiro atoms. The zero-order chi connectivity index (χ0) is 16.8. The van der Waals surface area contributed by atoms with Crippen LogP contribution in [-0.2, 0) is 4.74 Å². The molecular formula is C12H11ClFN5O3S. The van der Waals surface area contributed by atoms with Gasteiger partial charge in [0.25, 0.3) is 0 Å². The van der Waals surface area contributed by atoms with Crippen molar-refractivity contribution >= 4 is 40.9 Å². The third kappa shape index (κ3) is 2.37. The molecule has 0 radical (unpaired) electrons. The fraction of sp³-hybridized carbons (Fsp3) is 0.417. The fourth-order valence-corrected chi connectivity index (χ4v) is 2.88. The van der Waals surface area contributed by atoms with Crippen LogP contribution in [0, 0.1) is 15.9 Å². The Morgan fingerprint density at radius 1 is 1.65 bits per heavy atom. The molecule has 0 saturated carbocycles. The summed E-state index contributed by atoms with van der Waals surface area (Å²) >= 11 is 10.4. The van der Waals surface area contributed by atoms with E-state index in [1.807, 2.05) is 5.38 Å². The number of fused-ring (bicyclic) bond motifs is 1. The van der Waals surface area contributed by atoms with Crippen molar-refractivity contribution in [2.24, 2.45) is 0 Å². The number of hydrogen-bond donors (Lipinski definition) is 4. The van der Waals surface area contributed by atoms with Crippen LogP contribution in [0.2, 0.25) is 0 Å². The summed E-state index contributed by atoms with van der Waals surface area (Å²) in [5.41, 5.74) is 3.47. The Labute approximate surface area is 139 Å². The second-order valence-corrected chi connectivity index (χ2v) is 5.51. The molecule has 1 aliphatic rings. The third-order valence-corrected chi connectivity index (χ3v) is 3.96. The molecule has 122 valence electrons.